The van der Waals surface area contributed by atoms with Gasteiger partial charge in [0.1, 0.15) is 10.8 Å². The minimum atomic E-state index is -0.347. The molecule has 1 N–H and O–H groups in total. The van der Waals surface area contributed by atoms with Gasteiger partial charge in [0.15, 0.2) is 0 Å². The second-order valence-corrected chi connectivity index (χ2v) is 6.69. The maximum absolute atomic E-state index is 11.5. The molecule has 1 saturated heterocycles. The van der Waals surface area contributed by atoms with Crippen molar-refractivity contribution in [2.45, 2.75) is 18.8 Å². The quantitative estimate of drug-likeness (QED) is 0.913. The van der Waals surface area contributed by atoms with Gasteiger partial charge in [-0.2, -0.15) is 9.47 Å². The van der Waals surface area contributed by atoms with E-state index in [0.29, 0.717) is 11.6 Å². The molecule has 1 saturated carbocycles. The van der Waals surface area contributed by atoms with Crippen molar-refractivity contribution >= 4 is 34.0 Å². The largest absolute Gasteiger partial charge is 0.365 e. The van der Waals surface area contributed by atoms with Crippen LogP contribution in [0.3, 0.4) is 0 Å². The third kappa shape index (κ3) is 2.56. The van der Waals surface area contributed by atoms with E-state index in [9.17, 15) is 4.79 Å². The number of hydrogen-bond donors (Lipinski definition) is 1. The molecule has 9 heteroatoms. The van der Waals surface area contributed by atoms with Crippen molar-refractivity contribution in [3.63, 3.8) is 0 Å². The molecule has 116 valence electrons. The molecule has 7 nitrogen and oxygen atoms in total. The van der Waals surface area contributed by atoms with Gasteiger partial charge >= 0.3 is 0 Å². The summed E-state index contributed by atoms with van der Waals surface area (Å²) >= 11 is 7.55. The fraction of sp³-hybridized carbons (Fsp3) is 0.538. The first-order valence-electron chi connectivity index (χ1n) is 7.29. The third-order valence-corrected chi connectivity index (χ3v) is 5.20. The van der Waals surface area contributed by atoms with Gasteiger partial charge in [-0.1, -0.05) is 11.6 Å². The van der Waals surface area contributed by atoms with Crippen LogP contribution in [0.4, 0.5) is 10.8 Å². The smallest absolute Gasteiger partial charge is 0.285 e. The predicted octanol–water partition coefficient (Wildman–Crippen LogP) is 1.48. The van der Waals surface area contributed by atoms with Gasteiger partial charge in [-0.15, -0.1) is 0 Å². The first-order chi connectivity index (χ1) is 10.7. The summed E-state index contributed by atoms with van der Waals surface area (Å²) in [5, 5.41) is 7.37. The van der Waals surface area contributed by atoms with Crippen LogP contribution in [0.15, 0.2) is 11.0 Å². The summed E-state index contributed by atoms with van der Waals surface area (Å²) in [6.45, 7) is 3.23. The van der Waals surface area contributed by atoms with E-state index in [1.165, 1.54) is 24.4 Å². The topological polar surface area (TPSA) is 78.0 Å². The van der Waals surface area contributed by atoms with E-state index in [0.717, 1.165) is 37.1 Å². The van der Waals surface area contributed by atoms with E-state index < -0.39 is 0 Å². The number of aromatic amines is 1. The van der Waals surface area contributed by atoms with Gasteiger partial charge in [-0.3, -0.25) is 4.79 Å². The molecular formula is C13H15ClN6OS. The highest BCUT2D eigenvalue weighted by molar-refractivity contribution is 7.09. The first kappa shape index (κ1) is 14.0. The number of piperazine rings is 1. The molecule has 2 aliphatic rings. The Balaban J connectivity index is 1.45. The van der Waals surface area contributed by atoms with E-state index in [1.807, 2.05) is 0 Å². The predicted molar refractivity (Wildman–Crippen MR) is 86.2 cm³/mol. The lowest BCUT2D eigenvalue weighted by Crippen LogP contribution is -2.47. The third-order valence-electron chi connectivity index (χ3n) is 4.04. The molecule has 0 bridgehead atoms. The molecule has 0 aromatic carbocycles. The van der Waals surface area contributed by atoms with Crippen LogP contribution in [0.25, 0.3) is 0 Å². The van der Waals surface area contributed by atoms with Gasteiger partial charge in [0.05, 0.1) is 11.9 Å². The normalized spacial score (nSPS) is 18.8. The zero-order valence-electron chi connectivity index (χ0n) is 11.8. The minimum absolute atomic E-state index is 0.204. The van der Waals surface area contributed by atoms with Crippen LogP contribution in [-0.4, -0.2) is 45.7 Å². The van der Waals surface area contributed by atoms with Crippen molar-refractivity contribution in [2.75, 3.05) is 36.0 Å². The van der Waals surface area contributed by atoms with Crippen molar-refractivity contribution in [2.24, 2.45) is 0 Å². The molecule has 0 atom stereocenters. The van der Waals surface area contributed by atoms with Crippen LogP contribution in [0.5, 0.6) is 0 Å². The fourth-order valence-electron chi connectivity index (χ4n) is 2.60. The van der Waals surface area contributed by atoms with E-state index in [1.54, 1.807) is 6.20 Å². The monoisotopic (exact) mass is 338 g/mol. The molecule has 22 heavy (non-hydrogen) atoms. The van der Waals surface area contributed by atoms with Crippen LogP contribution >= 0.6 is 23.1 Å². The molecule has 3 heterocycles. The molecule has 1 aliphatic heterocycles. The summed E-state index contributed by atoms with van der Waals surface area (Å²) in [6.07, 6.45) is 4.05. The lowest BCUT2D eigenvalue weighted by Gasteiger charge is -2.35. The Hall–Kier alpha value is -1.67. The average molecular weight is 339 g/mol. The highest BCUT2D eigenvalue weighted by atomic mass is 35.5. The van der Waals surface area contributed by atoms with Crippen molar-refractivity contribution in [3.05, 3.63) is 27.4 Å². The molecule has 2 fully saturated rings. The lowest BCUT2D eigenvalue weighted by atomic mass is 10.3. The average Bonchev–Trinajstić information content (AvgIpc) is 3.28. The van der Waals surface area contributed by atoms with Crippen LogP contribution < -0.4 is 15.4 Å². The van der Waals surface area contributed by atoms with Crippen LogP contribution in [-0.2, 0) is 0 Å². The molecule has 0 spiro atoms. The van der Waals surface area contributed by atoms with Crippen LogP contribution in [0.2, 0.25) is 5.02 Å². The zero-order valence-corrected chi connectivity index (χ0v) is 13.4. The number of rotatable bonds is 3. The number of anilines is 2. The molecule has 2 aromatic rings. The van der Waals surface area contributed by atoms with Gasteiger partial charge in [-0.25, -0.2) is 10.1 Å². The summed E-state index contributed by atoms with van der Waals surface area (Å²) in [7, 11) is 0. The van der Waals surface area contributed by atoms with Crippen molar-refractivity contribution in [1.82, 2.24) is 19.6 Å². The Morgan fingerprint density at radius 1 is 1.23 bits per heavy atom. The number of halogens is 1. The Labute approximate surface area is 136 Å². The van der Waals surface area contributed by atoms with E-state index in [4.69, 9.17) is 11.6 Å². The molecule has 4 rings (SSSR count). The van der Waals surface area contributed by atoms with E-state index in [2.05, 4.69) is 29.4 Å². The second-order valence-electron chi connectivity index (χ2n) is 5.58. The maximum atomic E-state index is 11.5. The van der Waals surface area contributed by atoms with Crippen molar-refractivity contribution < 1.29 is 0 Å². The Bertz CT molecular complexity index is 734. The van der Waals surface area contributed by atoms with Crippen LogP contribution in [0.1, 0.15) is 24.6 Å². The zero-order chi connectivity index (χ0) is 15.1. The van der Waals surface area contributed by atoms with Crippen LogP contribution in [0, 0.1) is 0 Å². The highest BCUT2D eigenvalue weighted by Crippen LogP contribution is 2.39. The number of nitrogens with zero attached hydrogens (tertiary/aromatic N) is 5. The molecule has 0 radical (unpaired) electrons. The van der Waals surface area contributed by atoms with Gasteiger partial charge in [0, 0.05) is 43.6 Å². The minimum Gasteiger partial charge on any atom is -0.365 e. The fourth-order valence-corrected chi connectivity index (χ4v) is 3.60. The Morgan fingerprint density at radius 2 is 1.95 bits per heavy atom. The van der Waals surface area contributed by atoms with Gasteiger partial charge in [0.25, 0.3) is 5.56 Å². The Kier molecular flexibility index (Phi) is 3.50. The summed E-state index contributed by atoms with van der Waals surface area (Å²) in [4.78, 5) is 20.5. The Morgan fingerprint density at radius 3 is 2.68 bits per heavy atom. The summed E-state index contributed by atoms with van der Waals surface area (Å²) in [6, 6.07) is 0. The van der Waals surface area contributed by atoms with E-state index in [-0.39, 0.29) is 10.6 Å². The van der Waals surface area contributed by atoms with E-state index >= 15 is 0 Å². The molecule has 1 aliphatic carbocycles. The van der Waals surface area contributed by atoms with Crippen molar-refractivity contribution in [1.29, 1.82) is 0 Å². The number of aromatic nitrogens is 4. The summed E-state index contributed by atoms with van der Waals surface area (Å²) in [5.74, 6) is 1.59. The first-order valence-corrected chi connectivity index (χ1v) is 8.44. The maximum Gasteiger partial charge on any atom is 0.285 e. The molecule has 0 unspecified atom stereocenters. The lowest BCUT2D eigenvalue weighted by molar-refractivity contribution is 0.649. The highest BCUT2D eigenvalue weighted by Gasteiger charge is 2.29. The molecule has 2 aromatic heterocycles. The number of nitrogens with one attached hydrogen (secondary N) is 1. The number of hydrogen-bond acceptors (Lipinski definition) is 7. The molecular weight excluding hydrogens is 324 g/mol. The number of H-pyrrole nitrogens is 1. The summed E-state index contributed by atoms with van der Waals surface area (Å²) < 4.78 is 4.46. The standard InChI is InChI=1S/C13H15ClN6OS/c14-10-9(7-15-17-12(10)21)19-3-5-20(6-4-19)13-16-11(18-22-13)8-1-2-8/h7-8H,1-6H2,(H,17,21). The molecule has 0 amide bonds. The van der Waals surface area contributed by atoms with Gasteiger partial charge in [0.2, 0.25) is 5.13 Å². The second kappa shape index (κ2) is 5.51. The SMILES string of the molecule is O=c1[nH]ncc(N2CCN(c3nc(C4CC4)ns3)CC2)c1Cl. The van der Waals surface area contributed by atoms with Crippen molar-refractivity contribution in [3.8, 4) is 0 Å². The van der Waals surface area contributed by atoms with Gasteiger partial charge in [-0.05, 0) is 12.8 Å². The van der Waals surface area contributed by atoms with Gasteiger partial charge < -0.3 is 9.80 Å². The summed E-state index contributed by atoms with van der Waals surface area (Å²) in [5.41, 5.74) is 0.348.